The van der Waals surface area contributed by atoms with Gasteiger partial charge in [0.05, 0.1) is 28.8 Å². The summed E-state index contributed by atoms with van der Waals surface area (Å²) in [5, 5.41) is 15.2. The summed E-state index contributed by atoms with van der Waals surface area (Å²) in [5.41, 5.74) is 0.423. The Kier molecular flexibility index (Phi) is 6.96. The van der Waals surface area contributed by atoms with Crippen LogP contribution >= 0.6 is 23.2 Å². The Balaban J connectivity index is 1.91. The summed E-state index contributed by atoms with van der Waals surface area (Å²) in [7, 11) is 1.83. The van der Waals surface area contributed by atoms with Gasteiger partial charge in [-0.05, 0) is 36.0 Å². The number of aromatic nitrogens is 4. The van der Waals surface area contributed by atoms with E-state index in [1.807, 2.05) is 11.9 Å². The minimum absolute atomic E-state index is 0.169. The van der Waals surface area contributed by atoms with Crippen LogP contribution in [0.2, 0.25) is 10.0 Å². The molecule has 0 radical (unpaired) electrons. The summed E-state index contributed by atoms with van der Waals surface area (Å²) in [6.45, 7) is 3.52. The highest BCUT2D eigenvalue weighted by Crippen LogP contribution is 2.29. The molecule has 1 amide bonds. The van der Waals surface area contributed by atoms with Gasteiger partial charge in [0.1, 0.15) is 0 Å². The number of para-hydroxylation sites is 1. The highest BCUT2D eigenvalue weighted by Gasteiger charge is 2.14. The molecular weight excluding hydrogens is 351 g/mol. The lowest BCUT2D eigenvalue weighted by Crippen LogP contribution is -2.31. The molecule has 0 fully saturated rings. The number of halogens is 2. The van der Waals surface area contributed by atoms with Crippen molar-refractivity contribution >= 4 is 34.8 Å². The Hall–Kier alpha value is -1.70. The minimum atomic E-state index is -0.208. The van der Waals surface area contributed by atoms with Gasteiger partial charge in [-0.15, -0.1) is 5.10 Å². The number of nitrogens with zero attached hydrogens (tertiary/aromatic N) is 5. The molecule has 1 heterocycles. The number of amides is 1. The largest absolute Gasteiger partial charge is 0.322 e. The number of nitrogens with one attached hydrogen (secondary N) is 1. The molecule has 0 bridgehead atoms. The average Bonchev–Trinajstić information content (AvgIpc) is 2.96. The first-order valence-electron chi connectivity index (χ1n) is 7.68. The predicted octanol–water partition coefficient (Wildman–Crippen LogP) is 2.85. The summed E-state index contributed by atoms with van der Waals surface area (Å²) < 4.78 is 1.77. The quantitative estimate of drug-likeness (QED) is 0.772. The smallest absolute Gasteiger partial charge is 0.238 e. The number of carbonyl (C=O) groups excluding carboxylic acids is 1. The van der Waals surface area contributed by atoms with Crippen molar-refractivity contribution in [3.63, 3.8) is 0 Å². The molecule has 0 aliphatic heterocycles. The van der Waals surface area contributed by atoms with E-state index in [4.69, 9.17) is 23.2 Å². The fourth-order valence-corrected chi connectivity index (χ4v) is 2.65. The van der Waals surface area contributed by atoms with Crippen molar-refractivity contribution in [3.8, 4) is 0 Å². The minimum Gasteiger partial charge on any atom is -0.322 e. The lowest BCUT2D eigenvalue weighted by molar-refractivity contribution is -0.117. The number of tetrazole rings is 1. The Bertz CT molecular complexity index is 670. The van der Waals surface area contributed by atoms with Crippen LogP contribution in [0.3, 0.4) is 0 Å². The molecule has 9 heteroatoms. The zero-order valence-corrected chi connectivity index (χ0v) is 15.2. The van der Waals surface area contributed by atoms with Crippen molar-refractivity contribution in [1.82, 2.24) is 25.1 Å². The second-order valence-electron chi connectivity index (χ2n) is 5.49. The molecule has 0 saturated heterocycles. The van der Waals surface area contributed by atoms with Crippen molar-refractivity contribution in [2.24, 2.45) is 0 Å². The molecule has 1 aromatic heterocycles. The number of hydrogen-bond acceptors (Lipinski definition) is 5. The molecule has 1 N–H and O–H groups in total. The Labute approximate surface area is 150 Å². The lowest BCUT2D eigenvalue weighted by atomic mass is 10.3. The Morgan fingerprint density at radius 1 is 1.33 bits per heavy atom. The molecule has 2 rings (SSSR count). The van der Waals surface area contributed by atoms with Gasteiger partial charge in [-0.25, -0.2) is 4.68 Å². The number of unbranched alkanes of at least 4 members (excludes halogenated alkanes) is 1. The summed E-state index contributed by atoms with van der Waals surface area (Å²) in [6.07, 6.45) is 2.07. The average molecular weight is 371 g/mol. The number of carbonyl (C=O) groups is 1. The van der Waals surface area contributed by atoms with Crippen LogP contribution in [0.4, 0.5) is 5.69 Å². The van der Waals surface area contributed by atoms with Gasteiger partial charge in [0, 0.05) is 6.54 Å². The van der Waals surface area contributed by atoms with Gasteiger partial charge in [0.15, 0.2) is 5.82 Å². The zero-order chi connectivity index (χ0) is 17.5. The number of hydrogen-bond donors (Lipinski definition) is 1. The van der Waals surface area contributed by atoms with Gasteiger partial charge in [-0.1, -0.05) is 42.6 Å². The first-order valence-corrected chi connectivity index (χ1v) is 8.44. The van der Waals surface area contributed by atoms with Crippen molar-refractivity contribution < 1.29 is 4.79 Å². The molecule has 7 nitrogen and oxygen atoms in total. The van der Waals surface area contributed by atoms with Crippen LogP contribution < -0.4 is 5.32 Å². The van der Waals surface area contributed by atoms with E-state index < -0.39 is 0 Å². The van der Waals surface area contributed by atoms with Gasteiger partial charge in [0.25, 0.3) is 0 Å². The van der Waals surface area contributed by atoms with Crippen molar-refractivity contribution in [3.05, 3.63) is 34.1 Å². The Morgan fingerprint density at radius 3 is 2.71 bits per heavy atom. The predicted molar refractivity (Wildman–Crippen MR) is 94.2 cm³/mol. The number of benzene rings is 1. The van der Waals surface area contributed by atoms with Crippen LogP contribution in [-0.4, -0.2) is 44.6 Å². The molecule has 130 valence electrons. The number of aryl methyl sites for hydroxylation is 1. The first-order chi connectivity index (χ1) is 11.5. The van der Waals surface area contributed by atoms with E-state index in [0.717, 1.165) is 25.2 Å². The SMILES string of the molecule is CCCCn1nnnc1CN(C)CC(=O)Nc1c(Cl)cccc1Cl. The van der Waals surface area contributed by atoms with Crippen molar-refractivity contribution in [1.29, 1.82) is 0 Å². The summed E-state index contributed by atoms with van der Waals surface area (Å²) in [4.78, 5) is 14.0. The Morgan fingerprint density at radius 2 is 2.04 bits per heavy atom. The van der Waals surface area contributed by atoms with Crippen LogP contribution in [-0.2, 0) is 17.9 Å². The second kappa shape index (κ2) is 8.96. The first kappa shape index (κ1) is 18.6. The van der Waals surface area contributed by atoms with Gasteiger partial charge in [0.2, 0.25) is 5.91 Å². The highest BCUT2D eigenvalue weighted by atomic mass is 35.5. The molecule has 0 aliphatic carbocycles. The van der Waals surface area contributed by atoms with Gasteiger partial charge in [-0.2, -0.15) is 0 Å². The van der Waals surface area contributed by atoms with E-state index in [9.17, 15) is 4.79 Å². The van der Waals surface area contributed by atoms with E-state index in [2.05, 4.69) is 27.8 Å². The standard InChI is InChI=1S/C15H20Cl2N6O/c1-3-4-8-23-13(19-20-21-23)9-22(2)10-14(24)18-15-11(16)6-5-7-12(15)17/h5-7H,3-4,8-10H2,1-2H3,(H,18,24). The molecule has 1 aromatic carbocycles. The third-order valence-electron chi connectivity index (χ3n) is 3.38. The maximum atomic E-state index is 12.2. The van der Waals surface area contributed by atoms with Crippen LogP contribution in [0.15, 0.2) is 18.2 Å². The molecule has 0 atom stereocenters. The van der Waals surface area contributed by atoms with Crippen LogP contribution in [0, 0.1) is 0 Å². The topological polar surface area (TPSA) is 75.9 Å². The maximum Gasteiger partial charge on any atom is 0.238 e. The van der Waals surface area contributed by atoms with Gasteiger partial charge >= 0.3 is 0 Å². The molecule has 2 aromatic rings. The fourth-order valence-electron chi connectivity index (χ4n) is 2.16. The molecule has 24 heavy (non-hydrogen) atoms. The fraction of sp³-hybridized carbons (Fsp3) is 0.467. The maximum absolute atomic E-state index is 12.2. The van der Waals surface area contributed by atoms with E-state index in [-0.39, 0.29) is 12.5 Å². The van der Waals surface area contributed by atoms with Crippen molar-refractivity contribution in [2.75, 3.05) is 18.9 Å². The second-order valence-corrected chi connectivity index (χ2v) is 6.30. The number of likely N-dealkylation sites (N-methyl/N-ethyl adjacent to an activating group) is 1. The zero-order valence-electron chi connectivity index (χ0n) is 13.7. The van der Waals surface area contributed by atoms with E-state index in [0.29, 0.717) is 22.3 Å². The van der Waals surface area contributed by atoms with Gasteiger partial charge in [-0.3, -0.25) is 9.69 Å². The van der Waals surface area contributed by atoms with Crippen molar-refractivity contribution in [2.45, 2.75) is 32.9 Å². The molecule has 0 unspecified atom stereocenters. The normalized spacial score (nSPS) is 11.0. The van der Waals surface area contributed by atoms with Crippen LogP contribution in [0.5, 0.6) is 0 Å². The highest BCUT2D eigenvalue weighted by molar-refractivity contribution is 6.39. The van der Waals surface area contributed by atoms with E-state index in [1.165, 1.54) is 0 Å². The summed E-state index contributed by atoms with van der Waals surface area (Å²) in [5.74, 6) is 0.523. The molecule has 0 saturated carbocycles. The van der Waals surface area contributed by atoms with E-state index >= 15 is 0 Å². The van der Waals surface area contributed by atoms with Gasteiger partial charge < -0.3 is 5.32 Å². The van der Waals surface area contributed by atoms with Crippen LogP contribution in [0.25, 0.3) is 0 Å². The third kappa shape index (κ3) is 5.15. The van der Waals surface area contributed by atoms with Crippen LogP contribution in [0.1, 0.15) is 25.6 Å². The third-order valence-corrected chi connectivity index (χ3v) is 4.01. The molecular formula is C15H20Cl2N6O. The summed E-state index contributed by atoms with van der Waals surface area (Å²) >= 11 is 12.1. The monoisotopic (exact) mass is 370 g/mol. The lowest BCUT2D eigenvalue weighted by Gasteiger charge is -2.16. The van der Waals surface area contributed by atoms with E-state index in [1.54, 1.807) is 22.9 Å². The summed E-state index contributed by atoms with van der Waals surface area (Å²) in [6, 6.07) is 5.08. The number of rotatable bonds is 8. The molecule has 0 aliphatic rings. The molecule has 0 spiro atoms. The number of anilines is 1.